The molecule has 0 aliphatic heterocycles. The van der Waals surface area contributed by atoms with Crippen molar-refractivity contribution >= 4 is 23.4 Å². The Labute approximate surface area is 109 Å². The van der Waals surface area contributed by atoms with Crippen LogP contribution in [0.2, 0.25) is 5.15 Å². The molecule has 0 fully saturated rings. The first-order valence-corrected chi connectivity index (χ1v) is 6.56. The fourth-order valence-corrected chi connectivity index (χ4v) is 1.97. The molecule has 0 spiro atoms. The summed E-state index contributed by atoms with van der Waals surface area (Å²) in [6.45, 7) is 7.07. The van der Waals surface area contributed by atoms with Crippen molar-refractivity contribution in [3.8, 4) is 0 Å². The second kappa shape index (κ2) is 7.33. The Kier molecular flexibility index (Phi) is 6.06. The van der Waals surface area contributed by atoms with E-state index in [4.69, 9.17) is 11.6 Å². The first-order valence-electron chi connectivity index (χ1n) is 6.18. The minimum atomic E-state index is 0.533. The molecule has 0 aliphatic rings. The Hall–Kier alpha value is -1.02. The first-order chi connectivity index (χ1) is 8.19. The van der Waals surface area contributed by atoms with E-state index in [-0.39, 0.29) is 0 Å². The fourth-order valence-electron chi connectivity index (χ4n) is 1.81. The number of unbranched alkanes of at least 4 members (excludes halogenated alkanes) is 3. The Balaban J connectivity index is 2.63. The largest absolute Gasteiger partial charge is 0.374 e. The maximum Gasteiger partial charge on any atom is 0.131 e. The summed E-state index contributed by atoms with van der Waals surface area (Å²) in [4.78, 5) is 6.29. The third-order valence-corrected chi connectivity index (χ3v) is 3.06. The van der Waals surface area contributed by atoms with E-state index < -0.39 is 0 Å². The molecular formula is C14H21ClN2. The molecule has 1 aromatic heterocycles. The number of nitrogens with zero attached hydrogens (tertiary/aromatic N) is 2. The van der Waals surface area contributed by atoms with Gasteiger partial charge in [-0.3, -0.25) is 0 Å². The summed E-state index contributed by atoms with van der Waals surface area (Å²) in [5.74, 6) is 0. The highest BCUT2D eigenvalue weighted by molar-refractivity contribution is 6.29. The second-order valence-corrected chi connectivity index (χ2v) is 4.64. The van der Waals surface area contributed by atoms with E-state index in [2.05, 4.69) is 30.4 Å². The minimum absolute atomic E-state index is 0.533. The van der Waals surface area contributed by atoms with E-state index >= 15 is 0 Å². The predicted molar refractivity (Wildman–Crippen MR) is 76.8 cm³/mol. The van der Waals surface area contributed by atoms with Gasteiger partial charge in [-0.2, -0.15) is 0 Å². The Morgan fingerprint density at radius 3 is 2.82 bits per heavy atom. The standard InChI is InChI=1S/C14H21ClN2/c1-4-6-7-8-9-17(3)13-10-14(15)16-11-12(13)5-2/h5,10-11H,2,4,6-9H2,1,3H3. The molecule has 0 aliphatic carbocycles. The van der Waals surface area contributed by atoms with Crippen molar-refractivity contribution in [1.29, 1.82) is 0 Å². The van der Waals surface area contributed by atoms with Crippen LogP contribution in [0.25, 0.3) is 6.08 Å². The van der Waals surface area contributed by atoms with E-state index in [9.17, 15) is 0 Å². The third-order valence-electron chi connectivity index (χ3n) is 2.86. The highest BCUT2D eigenvalue weighted by Gasteiger charge is 2.06. The van der Waals surface area contributed by atoms with Crippen LogP contribution in [0.15, 0.2) is 18.8 Å². The number of halogens is 1. The molecule has 17 heavy (non-hydrogen) atoms. The van der Waals surface area contributed by atoms with Gasteiger partial charge in [0.15, 0.2) is 0 Å². The van der Waals surface area contributed by atoms with Gasteiger partial charge in [0, 0.05) is 31.0 Å². The van der Waals surface area contributed by atoms with Gasteiger partial charge in [0.2, 0.25) is 0 Å². The summed E-state index contributed by atoms with van der Waals surface area (Å²) < 4.78 is 0. The molecule has 3 heteroatoms. The fraction of sp³-hybridized carbons (Fsp3) is 0.500. The molecule has 1 rings (SSSR count). The van der Waals surface area contributed by atoms with E-state index in [0.29, 0.717) is 5.15 Å². The number of pyridine rings is 1. The van der Waals surface area contributed by atoms with Crippen LogP contribution in [0.4, 0.5) is 5.69 Å². The molecule has 0 saturated carbocycles. The van der Waals surface area contributed by atoms with Crippen molar-refractivity contribution in [2.45, 2.75) is 32.6 Å². The highest BCUT2D eigenvalue weighted by atomic mass is 35.5. The van der Waals surface area contributed by atoms with Crippen molar-refractivity contribution in [3.05, 3.63) is 29.6 Å². The zero-order chi connectivity index (χ0) is 12.7. The molecule has 0 bridgehead atoms. The summed E-state index contributed by atoms with van der Waals surface area (Å²) in [6.07, 6.45) is 8.65. The van der Waals surface area contributed by atoms with Crippen LogP contribution in [-0.4, -0.2) is 18.6 Å². The van der Waals surface area contributed by atoms with Crippen LogP contribution >= 0.6 is 11.6 Å². The smallest absolute Gasteiger partial charge is 0.131 e. The summed E-state index contributed by atoms with van der Waals surface area (Å²) in [7, 11) is 2.09. The lowest BCUT2D eigenvalue weighted by molar-refractivity contribution is 0.661. The highest BCUT2D eigenvalue weighted by Crippen LogP contribution is 2.23. The normalized spacial score (nSPS) is 10.3. The lowest BCUT2D eigenvalue weighted by Crippen LogP contribution is -2.19. The van der Waals surface area contributed by atoms with E-state index in [1.54, 1.807) is 6.20 Å². The number of rotatable bonds is 7. The van der Waals surface area contributed by atoms with Crippen molar-refractivity contribution in [2.24, 2.45) is 0 Å². The lowest BCUT2D eigenvalue weighted by Gasteiger charge is -2.21. The van der Waals surface area contributed by atoms with Crippen LogP contribution in [0.3, 0.4) is 0 Å². The minimum Gasteiger partial charge on any atom is -0.374 e. The van der Waals surface area contributed by atoms with Gasteiger partial charge in [-0.25, -0.2) is 4.98 Å². The number of hydrogen-bond donors (Lipinski definition) is 0. The topological polar surface area (TPSA) is 16.1 Å². The molecule has 1 heterocycles. The van der Waals surface area contributed by atoms with Crippen molar-refractivity contribution in [2.75, 3.05) is 18.5 Å². The Bertz CT molecular complexity index is 363. The van der Waals surface area contributed by atoms with Gasteiger partial charge in [-0.05, 0) is 12.5 Å². The average molecular weight is 253 g/mol. The van der Waals surface area contributed by atoms with Crippen molar-refractivity contribution in [1.82, 2.24) is 4.98 Å². The zero-order valence-electron chi connectivity index (χ0n) is 10.7. The summed E-state index contributed by atoms with van der Waals surface area (Å²) >= 11 is 5.93. The van der Waals surface area contributed by atoms with Crippen LogP contribution in [0, 0.1) is 0 Å². The average Bonchev–Trinajstić information content (AvgIpc) is 2.34. The second-order valence-electron chi connectivity index (χ2n) is 4.25. The third kappa shape index (κ3) is 4.39. The SMILES string of the molecule is C=Cc1cnc(Cl)cc1N(C)CCCCCC. The van der Waals surface area contributed by atoms with Crippen LogP contribution in [-0.2, 0) is 0 Å². The van der Waals surface area contributed by atoms with Crippen LogP contribution < -0.4 is 4.90 Å². The molecule has 0 atom stereocenters. The summed E-state index contributed by atoms with van der Waals surface area (Å²) in [5, 5.41) is 0.533. The molecule has 94 valence electrons. The van der Waals surface area contributed by atoms with E-state index in [0.717, 1.165) is 17.8 Å². The first kappa shape index (κ1) is 14.0. The van der Waals surface area contributed by atoms with E-state index in [1.165, 1.54) is 25.7 Å². The van der Waals surface area contributed by atoms with Crippen LogP contribution in [0.5, 0.6) is 0 Å². The molecule has 0 radical (unpaired) electrons. The van der Waals surface area contributed by atoms with Gasteiger partial charge in [-0.1, -0.05) is 50.4 Å². The predicted octanol–water partition coefficient (Wildman–Crippen LogP) is 4.39. The van der Waals surface area contributed by atoms with Gasteiger partial charge in [0.1, 0.15) is 5.15 Å². The molecule has 0 unspecified atom stereocenters. The lowest BCUT2D eigenvalue weighted by atomic mass is 10.1. The molecule has 2 nitrogen and oxygen atoms in total. The quantitative estimate of drug-likeness (QED) is 0.528. The molecule has 0 aromatic carbocycles. The Morgan fingerprint density at radius 1 is 1.41 bits per heavy atom. The van der Waals surface area contributed by atoms with Gasteiger partial charge in [-0.15, -0.1) is 0 Å². The van der Waals surface area contributed by atoms with Crippen LogP contribution in [0.1, 0.15) is 38.2 Å². The zero-order valence-corrected chi connectivity index (χ0v) is 11.5. The van der Waals surface area contributed by atoms with Crippen molar-refractivity contribution < 1.29 is 0 Å². The van der Waals surface area contributed by atoms with Gasteiger partial charge in [0.05, 0.1) is 0 Å². The van der Waals surface area contributed by atoms with Gasteiger partial charge in [0.25, 0.3) is 0 Å². The molecule has 1 aromatic rings. The van der Waals surface area contributed by atoms with Gasteiger partial charge >= 0.3 is 0 Å². The monoisotopic (exact) mass is 252 g/mol. The number of anilines is 1. The van der Waals surface area contributed by atoms with E-state index in [1.807, 2.05) is 12.1 Å². The summed E-state index contributed by atoms with van der Waals surface area (Å²) in [5.41, 5.74) is 2.14. The van der Waals surface area contributed by atoms with Gasteiger partial charge < -0.3 is 4.90 Å². The number of hydrogen-bond acceptors (Lipinski definition) is 2. The van der Waals surface area contributed by atoms with Crippen molar-refractivity contribution in [3.63, 3.8) is 0 Å². The summed E-state index contributed by atoms with van der Waals surface area (Å²) in [6, 6.07) is 1.90. The molecule has 0 amide bonds. The maximum absolute atomic E-state index is 5.93. The number of aromatic nitrogens is 1. The molecule has 0 saturated heterocycles. The molecule has 0 N–H and O–H groups in total. The maximum atomic E-state index is 5.93. The Morgan fingerprint density at radius 2 is 2.18 bits per heavy atom. The molecular weight excluding hydrogens is 232 g/mol.